The summed E-state index contributed by atoms with van der Waals surface area (Å²) in [5, 5.41) is 3.38. The highest BCUT2D eigenvalue weighted by Crippen LogP contribution is 2.34. The molecule has 2 heterocycles. The van der Waals surface area contributed by atoms with Crippen molar-refractivity contribution >= 4 is 0 Å². The summed E-state index contributed by atoms with van der Waals surface area (Å²) in [5.41, 5.74) is 0.424. The van der Waals surface area contributed by atoms with Crippen LogP contribution in [-0.2, 0) is 13.1 Å². The molecular weight excluding hydrogens is 248 g/mol. The molecule has 1 fully saturated rings. The number of likely N-dealkylation sites (tertiary alicyclic amines) is 1. The van der Waals surface area contributed by atoms with E-state index in [1.807, 2.05) is 0 Å². The van der Waals surface area contributed by atoms with Gasteiger partial charge in [0.15, 0.2) is 0 Å². The van der Waals surface area contributed by atoms with Crippen LogP contribution in [0.1, 0.15) is 52.1 Å². The second-order valence-electron chi connectivity index (χ2n) is 7.13. The Morgan fingerprint density at radius 1 is 1.30 bits per heavy atom. The fourth-order valence-electron chi connectivity index (χ4n) is 2.89. The Kier molecular flexibility index (Phi) is 5.28. The van der Waals surface area contributed by atoms with E-state index in [0.29, 0.717) is 5.41 Å². The average molecular weight is 278 g/mol. The summed E-state index contributed by atoms with van der Waals surface area (Å²) in [4.78, 5) is 2.53. The Morgan fingerprint density at radius 2 is 2.05 bits per heavy atom. The van der Waals surface area contributed by atoms with E-state index in [2.05, 4.69) is 50.0 Å². The minimum atomic E-state index is 0.424. The second-order valence-corrected chi connectivity index (χ2v) is 7.13. The van der Waals surface area contributed by atoms with Crippen LogP contribution in [0.5, 0.6) is 0 Å². The summed E-state index contributed by atoms with van der Waals surface area (Å²) in [6.45, 7) is 14.5. The molecule has 114 valence electrons. The molecule has 3 nitrogen and oxygen atoms in total. The van der Waals surface area contributed by atoms with Crippen LogP contribution in [0.25, 0.3) is 0 Å². The Bertz CT molecular complexity index is 405. The van der Waals surface area contributed by atoms with Gasteiger partial charge in [-0.15, -0.1) is 0 Å². The van der Waals surface area contributed by atoms with Crippen LogP contribution in [0, 0.1) is 11.3 Å². The molecule has 20 heavy (non-hydrogen) atoms. The molecule has 1 aliphatic heterocycles. The van der Waals surface area contributed by atoms with Crippen LogP contribution in [0.4, 0.5) is 0 Å². The van der Waals surface area contributed by atoms with Crippen LogP contribution in [0.15, 0.2) is 16.5 Å². The van der Waals surface area contributed by atoms with Gasteiger partial charge in [-0.2, -0.15) is 0 Å². The van der Waals surface area contributed by atoms with Gasteiger partial charge in [-0.1, -0.05) is 27.7 Å². The van der Waals surface area contributed by atoms with Gasteiger partial charge in [-0.25, -0.2) is 0 Å². The summed E-state index contributed by atoms with van der Waals surface area (Å²) in [7, 11) is 0. The lowest BCUT2D eigenvalue weighted by molar-refractivity contribution is 0.218. The number of nitrogens with one attached hydrogen (secondary N) is 1. The average Bonchev–Trinajstić information content (AvgIpc) is 2.99. The summed E-state index contributed by atoms with van der Waals surface area (Å²) in [6, 6.07) is 4.24. The number of hydrogen-bond donors (Lipinski definition) is 1. The first kappa shape index (κ1) is 15.6. The normalized spacial score (nSPS) is 20.7. The van der Waals surface area contributed by atoms with Gasteiger partial charge < -0.3 is 9.73 Å². The summed E-state index contributed by atoms with van der Waals surface area (Å²) >= 11 is 0. The van der Waals surface area contributed by atoms with E-state index in [9.17, 15) is 0 Å². The van der Waals surface area contributed by atoms with Gasteiger partial charge in [0.2, 0.25) is 0 Å². The zero-order valence-corrected chi connectivity index (χ0v) is 13.5. The molecule has 0 spiro atoms. The molecule has 2 rings (SSSR count). The third-order valence-electron chi connectivity index (χ3n) is 4.32. The maximum absolute atomic E-state index is 5.91. The predicted molar refractivity (Wildman–Crippen MR) is 83.5 cm³/mol. The quantitative estimate of drug-likeness (QED) is 0.805. The predicted octanol–water partition coefficient (Wildman–Crippen LogP) is 3.65. The van der Waals surface area contributed by atoms with Gasteiger partial charge in [0.1, 0.15) is 11.5 Å². The minimum Gasteiger partial charge on any atom is -0.463 e. The Morgan fingerprint density at radius 3 is 2.70 bits per heavy atom. The van der Waals surface area contributed by atoms with Crippen LogP contribution < -0.4 is 5.32 Å². The molecule has 1 aliphatic rings. The van der Waals surface area contributed by atoms with Crippen molar-refractivity contribution < 1.29 is 4.42 Å². The van der Waals surface area contributed by atoms with Crippen molar-refractivity contribution in [3.05, 3.63) is 23.7 Å². The number of nitrogens with zero attached hydrogens (tertiary/aromatic N) is 1. The molecule has 1 unspecified atom stereocenters. The van der Waals surface area contributed by atoms with E-state index in [1.54, 1.807) is 0 Å². The third kappa shape index (κ3) is 4.35. The molecule has 0 amide bonds. The molecule has 1 aromatic rings. The van der Waals surface area contributed by atoms with Gasteiger partial charge in [0.05, 0.1) is 13.1 Å². The molecule has 1 aromatic heterocycles. The molecule has 0 radical (unpaired) electrons. The standard InChI is InChI=1S/C17H30N2O/c1-5-9-18-11-15-6-7-16(20-15)13-19-10-8-14(12-19)17(2,3)4/h6-7,14,18H,5,8-13H2,1-4H3. The van der Waals surface area contributed by atoms with Crippen LogP contribution >= 0.6 is 0 Å². The largest absolute Gasteiger partial charge is 0.463 e. The van der Waals surface area contributed by atoms with Gasteiger partial charge in [-0.3, -0.25) is 4.90 Å². The van der Waals surface area contributed by atoms with E-state index in [-0.39, 0.29) is 0 Å². The minimum absolute atomic E-state index is 0.424. The maximum atomic E-state index is 5.91. The van der Waals surface area contributed by atoms with Crippen LogP contribution in [-0.4, -0.2) is 24.5 Å². The Hall–Kier alpha value is -0.800. The zero-order valence-electron chi connectivity index (χ0n) is 13.5. The van der Waals surface area contributed by atoms with Gasteiger partial charge in [0.25, 0.3) is 0 Å². The van der Waals surface area contributed by atoms with Crippen molar-refractivity contribution in [1.82, 2.24) is 10.2 Å². The van der Waals surface area contributed by atoms with Crippen molar-refractivity contribution in [2.45, 2.75) is 53.6 Å². The van der Waals surface area contributed by atoms with E-state index < -0.39 is 0 Å². The fraction of sp³-hybridized carbons (Fsp3) is 0.765. The first-order chi connectivity index (χ1) is 9.49. The summed E-state index contributed by atoms with van der Waals surface area (Å²) in [6.07, 6.45) is 2.48. The number of furan rings is 1. The lowest BCUT2D eigenvalue weighted by atomic mass is 9.80. The fourth-order valence-corrected chi connectivity index (χ4v) is 2.89. The summed E-state index contributed by atoms with van der Waals surface area (Å²) < 4.78 is 5.91. The second kappa shape index (κ2) is 6.77. The first-order valence-electron chi connectivity index (χ1n) is 7.99. The lowest BCUT2D eigenvalue weighted by Crippen LogP contribution is -2.25. The zero-order chi connectivity index (χ0) is 14.6. The van der Waals surface area contributed by atoms with Gasteiger partial charge >= 0.3 is 0 Å². The Labute approximate surface area is 123 Å². The molecule has 0 saturated carbocycles. The van der Waals surface area contributed by atoms with Crippen molar-refractivity contribution in [2.24, 2.45) is 11.3 Å². The lowest BCUT2D eigenvalue weighted by Gasteiger charge is -2.26. The van der Waals surface area contributed by atoms with Crippen LogP contribution in [0.3, 0.4) is 0 Å². The maximum Gasteiger partial charge on any atom is 0.118 e. The molecule has 1 atom stereocenters. The van der Waals surface area contributed by atoms with Crippen molar-refractivity contribution in [1.29, 1.82) is 0 Å². The highest BCUT2D eigenvalue weighted by molar-refractivity contribution is 5.07. The van der Waals surface area contributed by atoms with Gasteiger partial charge in [0, 0.05) is 6.54 Å². The highest BCUT2D eigenvalue weighted by Gasteiger charge is 2.31. The first-order valence-corrected chi connectivity index (χ1v) is 7.99. The molecule has 0 bridgehead atoms. The molecule has 0 aliphatic carbocycles. The van der Waals surface area contributed by atoms with Crippen molar-refractivity contribution in [3.8, 4) is 0 Å². The van der Waals surface area contributed by atoms with Gasteiger partial charge in [-0.05, 0) is 49.4 Å². The van der Waals surface area contributed by atoms with E-state index >= 15 is 0 Å². The molecule has 0 aromatic carbocycles. The van der Waals surface area contributed by atoms with E-state index in [4.69, 9.17) is 4.42 Å². The topological polar surface area (TPSA) is 28.4 Å². The Balaban J connectivity index is 1.80. The smallest absolute Gasteiger partial charge is 0.118 e. The van der Waals surface area contributed by atoms with Crippen LogP contribution in [0.2, 0.25) is 0 Å². The SMILES string of the molecule is CCCNCc1ccc(CN2CCC(C(C)(C)C)C2)o1. The molecule has 3 heteroatoms. The highest BCUT2D eigenvalue weighted by atomic mass is 16.3. The van der Waals surface area contributed by atoms with Crippen molar-refractivity contribution in [3.63, 3.8) is 0 Å². The van der Waals surface area contributed by atoms with E-state index in [0.717, 1.165) is 43.5 Å². The third-order valence-corrected chi connectivity index (χ3v) is 4.32. The summed E-state index contributed by atoms with van der Waals surface area (Å²) in [5.74, 6) is 2.97. The van der Waals surface area contributed by atoms with Crippen molar-refractivity contribution in [2.75, 3.05) is 19.6 Å². The number of rotatable bonds is 6. The molecule has 1 saturated heterocycles. The van der Waals surface area contributed by atoms with E-state index in [1.165, 1.54) is 19.5 Å². The molecular formula is C17H30N2O. The monoisotopic (exact) mass is 278 g/mol. The molecule has 1 N–H and O–H groups in total. The number of hydrogen-bond acceptors (Lipinski definition) is 3.